The zero-order valence-corrected chi connectivity index (χ0v) is 13.6. The number of hydrogen-bond donors (Lipinski definition) is 1. The topological polar surface area (TPSA) is 21.3 Å². The summed E-state index contributed by atoms with van der Waals surface area (Å²) in [5.74, 6) is 2.28. The van der Waals surface area contributed by atoms with E-state index in [1.165, 1.54) is 13.5 Å². The second-order valence-corrected chi connectivity index (χ2v) is 6.01. The summed E-state index contributed by atoms with van der Waals surface area (Å²) in [5.41, 5.74) is 0.732. The second kappa shape index (κ2) is 10.1. The van der Waals surface area contributed by atoms with Crippen LogP contribution in [0.25, 0.3) is 0 Å². The van der Waals surface area contributed by atoms with Crippen LogP contribution in [-0.4, -0.2) is 31.2 Å². The molecule has 1 N–H and O–H groups in total. The van der Waals surface area contributed by atoms with Crippen LogP contribution in [0.2, 0.25) is 0 Å². The van der Waals surface area contributed by atoms with E-state index in [-0.39, 0.29) is 5.82 Å². The van der Waals surface area contributed by atoms with E-state index in [4.69, 9.17) is 4.74 Å². The first-order valence-corrected chi connectivity index (χ1v) is 8.50. The molecule has 20 heavy (non-hydrogen) atoms. The maximum atomic E-state index is 14.2. The highest BCUT2D eigenvalue weighted by Crippen LogP contribution is 2.21. The van der Waals surface area contributed by atoms with Crippen molar-refractivity contribution in [2.24, 2.45) is 0 Å². The summed E-state index contributed by atoms with van der Waals surface area (Å²) in [6, 6.07) is 5.68. The van der Waals surface area contributed by atoms with Crippen LogP contribution in [0.15, 0.2) is 18.2 Å². The van der Waals surface area contributed by atoms with Gasteiger partial charge in [0.05, 0.1) is 7.11 Å². The van der Waals surface area contributed by atoms with E-state index in [1.807, 2.05) is 23.9 Å². The van der Waals surface area contributed by atoms with Gasteiger partial charge in [0.15, 0.2) is 11.6 Å². The second-order valence-electron chi connectivity index (χ2n) is 4.86. The third-order valence-corrected chi connectivity index (χ3v) is 4.41. The highest BCUT2D eigenvalue weighted by molar-refractivity contribution is 7.99. The monoisotopic (exact) mass is 299 g/mol. The van der Waals surface area contributed by atoms with Crippen LogP contribution < -0.4 is 10.1 Å². The smallest absolute Gasteiger partial charge is 0.168 e. The molecule has 2 nitrogen and oxygen atoms in total. The van der Waals surface area contributed by atoms with Crippen molar-refractivity contribution in [3.63, 3.8) is 0 Å². The van der Waals surface area contributed by atoms with Gasteiger partial charge in [-0.2, -0.15) is 11.8 Å². The van der Waals surface area contributed by atoms with Crippen molar-refractivity contribution in [3.05, 3.63) is 29.6 Å². The summed E-state index contributed by atoms with van der Waals surface area (Å²) < 4.78 is 19.2. The molecular formula is C16H26FNOS. The average Bonchev–Trinajstić information content (AvgIpc) is 2.46. The van der Waals surface area contributed by atoms with Gasteiger partial charge >= 0.3 is 0 Å². The van der Waals surface area contributed by atoms with Gasteiger partial charge in [-0.3, -0.25) is 0 Å². The number of ether oxygens (including phenoxy) is 1. The predicted molar refractivity (Wildman–Crippen MR) is 86.4 cm³/mol. The van der Waals surface area contributed by atoms with E-state index in [2.05, 4.69) is 19.2 Å². The molecule has 1 aromatic carbocycles. The minimum atomic E-state index is -0.223. The van der Waals surface area contributed by atoms with Crippen LogP contribution >= 0.6 is 11.8 Å². The Morgan fingerprint density at radius 1 is 1.30 bits per heavy atom. The molecule has 1 atom stereocenters. The van der Waals surface area contributed by atoms with E-state index >= 15 is 0 Å². The highest BCUT2D eigenvalue weighted by Gasteiger charge is 2.14. The van der Waals surface area contributed by atoms with E-state index in [0.29, 0.717) is 18.2 Å². The van der Waals surface area contributed by atoms with Gasteiger partial charge < -0.3 is 10.1 Å². The lowest BCUT2D eigenvalue weighted by molar-refractivity contribution is 0.383. The van der Waals surface area contributed by atoms with E-state index in [9.17, 15) is 4.39 Å². The van der Waals surface area contributed by atoms with Gasteiger partial charge in [-0.15, -0.1) is 0 Å². The number of nitrogens with one attached hydrogen (secondary N) is 1. The SMILES string of the molecule is CCCNC(CSCCC)Cc1cccc(OC)c1F. The number of hydrogen-bond acceptors (Lipinski definition) is 3. The first-order chi connectivity index (χ1) is 9.72. The maximum Gasteiger partial charge on any atom is 0.168 e. The molecule has 0 bridgehead atoms. The summed E-state index contributed by atoms with van der Waals surface area (Å²) in [6.45, 7) is 5.31. The number of rotatable bonds is 10. The van der Waals surface area contributed by atoms with Crippen LogP contribution in [0.5, 0.6) is 5.75 Å². The molecule has 0 heterocycles. The van der Waals surface area contributed by atoms with Gasteiger partial charge in [-0.25, -0.2) is 4.39 Å². The van der Waals surface area contributed by atoms with Gasteiger partial charge in [-0.05, 0) is 43.2 Å². The molecule has 1 rings (SSSR count). The summed E-state index contributed by atoms with van der Waals surface area (Å²) in [7, 11) is 1.51. The third-order valence-electron chi connectivity index (χ3n) is 3.08. The van der Waals surface area contributed by atoms with Crippen molar-refractivity contribution in [3.8, 4) is 5.75 Å². The summed E-state index contributed by atoms with van der Waals surface area (Å²) in [5, 5.41) is 3.51. The molecule has 0 amide bonds. The van der Waals surface area contributed by atoms with Gasteiger partial charge in [0, 0.05) is 11.8 Å². The van der Waals surface area contributed by atoms with Gasteiger partial charge in [0.25, 0.3) is 0 Å². The third kappa shape index (κ3) is 5.71. The van der Waals surface area contributed by atoms with Crippen LogP contribution in [0.4, 0.5) is 4.39 Å². The fourth-order valence-electron chi connectivity index (χ4n) is 2.05. The number of halogens is 1. The van der Waals surface area contributed by atoms with Crippen molar-refractivity contribution in [2.75, 3.05) is 25.2 Å². The van der Waals surface area contributed by atoms with Crippen molar-refractivity contribution in [1.82, 2.24) is 5.32 Å². The highest BCUT2D eigenvalue weighted by atomic mass is 32.2. The van der Waals surface area contributed by atoms with Gasteiger partial charge in [-0.1, -0.05) is 26.0 Å². The molecule has 0 saturated heterocycles. The van der Waals surface area contributed by atoms with Crippen LogP contribution in [-0.2, 0) is 6.42 Å². The molecule has 0 aromatic heterocycles. The van der Waals surface area contributed by atoms with Gasteiger partial charge in [0.1, 0.15) is 0 Å². The fourth-order valence-corrected chi connectivity index (χ4v) is 3.02. The Balaban J connectivity index is 2.67. The molecule has 4 heteroatoms. The Kier molecular flexibility index (Phi) is 8.70. The molecule has 0 spiro atoms. The molecule has 0 aliphatic rings. The first kappa shape index (κ1) is 17.3. The van der Waals surface area contributed by atoms with Crippen molar-refractivity contribution < 1.29 is 9.13 Å². The minimum absolute atomic E-state index is 0.223. The van der Waals surface area contributed by atoms with Crippen molar-refractivity contribution in [2.45, 2.75) is 39.2 Å². The standard InChI is InChI=1S/C16H26FNOS/c1-4-9-18-14(12-20-10-5-2)11-13-7-6-8-15(19-3)16(13)17/h6-8,14,18H,4-5,9-12H2,1-3H3. The fraction of sp³-hybridized carbons (Fsp3) is 0.625. The lowest BCUT2D eigenvalue weighted by Crippen LogP contribution is -2.34. The lowest BCUT2D eigenvalue weighted by atomic mass is 10.1. The maximum absolute atomic E-state index is 14.2. The Morgan fingerprint density at radius 3 is 2.75 bits per heavy atom. The zero-order chi connectivity index (χ0) is 14.8. The first-order valence-electron chi connectivity index (χ1n) is 7.35. The molecule has 0 aliphatic carbocycles. The van der Waals surface area contributed by atoms with E-state index in [0.717, 1.165) is 30.0 Å². The molecular weight excluding hydrogens is 273 g/mol. The van der Waals surface area contributed by atoms with Crippen LogP contribution in [0.1, 0.15) is 32.3 Å². The molecule has 0 fully saturated rings. The molecule has 0 radical (unpaired) electrons. The number of benzene rings is 1. The van der Waals surface area contributed by atoms with Crippen molar-refractivity contribution in [1.29, 1.82) is 0 Å². The Labute approximate surface area is 126 Å². The lowest BCUT2D eigenvalue weighted by Gasteiger charge is -2.19. The van der Waals surface area contributed by atoms with Crippen LogP contribution in [0, 0.1) is 5.82 Å². The number of methoxy groups -OCH3 is 1. The van der Waals surface area contributed by atoms with Crippen molar-refractivity contribution >= 4 is 11.8 Å². The summed E-state index contributed by atoms with van der Waals surface area (Å²) in [4.78, 5) is 0. The average molecular weight is 299 g/mol. The number of thioether (sulfide) groups is 1. The molecule has 0 saturated carbocycles. The van der Waals surface area contributed by atoms with Crippen LogP contribution in [0.3, 0.4) is 0 Å². The predicted octanol–water partition coefficient (Wildman–Crippen LogP) is 3.89. The Bertz CT molecular complexity index is 387. The van der Waals surface area contributed by atoms with E-state index < -0.39 is 0 Å². The summed E-state index contributed by atoms with van der Waals surface area (Å²) in [6.07, 6.45) is 2.98. The normalized spacial score (nSPS) is 12.4. The zero-order valence-electron chi connectivity index (χ0n) is 12.7. The Hall–Kier alpha value is -0.740. The molecule has 1 unspecified atom stereocenters. The quantitative estimate of drug-likeness (QED) is 0.662. The van der Waals surface area contributed by atoms with Gasteiger partial charge in [0.2, 0.25) is 0 Å². The minimum Gasteiger partial charge on any atom is -0.494 e. The summed E-state index contributed by atoms with van der Waals surface area (Å²) >= 11 is 1.93. The largest absolute Gasteiger partial charge is 0.494 e. The molecule has 114 valence electrons. The van der Waals surface area contributed by atoms with E-state index in [1.54, 1.807) is 6.07 Å². The Morgan fingerprint density at radius 2 is 2.10 bits per heavy atom. The molecule has 0 aliphatic heterocycles. The molecule has 1 aromatic rings.